The van der Waals surface area contributed by atoms with Crippen LogP contribution in [0.3, 0.4) is 0 Å². The molecule has 0 saturated heterocycles. The molecule has 0 aliphatic heterocycles. The van der Waals surface area contributed by atoms with E-state index in [0.29, 0.717) is 33.3 Å². The second-order valence-corrected chi connectivity index (χ2v) is 12.5. The summed E-state index contributed by atoms with van der Waals surface area (Å²) in [6.45, 7) is 0. The monoisotopic (exact) mass is 630 g/mol. The Morgan fingerprint density at radius 1 is 0.818 bits per heavy atom. The molecular formula is C34H34N2O6S2. The van der Waals surface area contributed by atoms with Crippen LogP contribution < -0.4 is 20.1 Å². The summed E-state index contributed by atoms with van der Waals surface area (Å²) in [4.78, 5) is 41.8. The Labute approximate surface area is 265 Å². The Morgan fingerprint density at radius 2 is 1.59 bits per heavy atom. The number of hydrogen-bond donors (Lipinski definition) is 2. The van der Waals surface area contributed by atoms with Gasteiger partial charge in [0.1, 0.15) is 10.3 Å². The van der Waals surface area contributed by atoms with Gasteiger partial charge in [0.25, 0.3) is 5.91 Å². The first-order chi connectivity index (χ1) is 21.4. The van der Waals surface area contributed by atoms with Crippen LogP contribution in [0.15, 0.2) is 77.7 Å². The molecule has 1 aliphatic rings. The number of amides is 2. The fourth-order valence-electron chi connectivity index (χ4n) is 5.19. The number of thioether (sulfide) groups is 1. The number of thiophene rings is 1. The van der Waals surface area contributed by atoms with Crippen LogP contribution in [-0.2, 0) is 22.4 Å². The third-order valence-electron chi connectivity index (χ3n) is 7.38. The van der Waals surface area contributed by atoms with Gasteiger partial charge in [0, 0.05) is 21.0 Å². The summed E-state index contributed by atoms with van der Waals surface area (Å²) < 4.78 is 15.7. The standard InChI is InChI=1S/C34H34N2O6S2/c1-40-26-18-17-22(19-27(26)41-2)31(37)35-23-13-10-14-24(20-23)43-30(21-11-6-4-7-12-21)32(38)36-33-29(34(39)42-3)25-15-8-5-9-16-28(25)44-33/h4,6-7,10-14,17-20,30H,5,8-9,15-16H2,1-3H3,(H,35,37)(H,36,38). The van der Waals surface area contributed by atoms with Gasteiger partial charge in [-0.05, 0) is 73.2 Å². The van der Waals surface area contributed by atoms with E-state index in [1.807, 2.05) is 48.5 Å². The molecule has 2 amide bonds. The van der Waals surface area contributed by atoms with Crippen LogP contribution in [0, 0.1) is 0 Å². The lowest BCUT2D eigenvalue weighted by Crippen LogP contribution is -2.20. The molecule has 0 bridgehead atoms. The minimum absolute atomic E-state index is 0.248. The first-order valence-corrected chi connectivity index (χ1v) is 16.0. The van der Waals surface area contributed by atoms with Crippen molar-refractivity contribution in [3.63, 3.8) is 0 Å². The van der Waals surface area contributed by atoms with Gasteiger partial charge >= 0.3 is 5.97 Å². The Kier molecular flexibility index (Phi) is 10.2. The number of esters is 1. The second kappa shape index (κ2) is 14.5. The molecule has 0 radical (unpaired) electrons. The summed E-state index contributed by atoms with van der Waals surface area (Å²) in [7, 11) is 4.43. The SMILES string of the molecule is COC(=O)c1c(NC(=O)C(Sc2cccc(NC(=O)c3ccc(OC)c(OC)c3)c2)c2ccccc2)sc2c1CCCCC2. The third-order valence-corrected chi connectivity index (χ3v) is 9.83. The molecule has 1 aliphatic carbocycles. The van der Waals surface area contributed by atoms with Crippen molar-refractivity contribution >= 4 is 51.6 Å². The number of fused-ring (bicyclic) bond motifs is 1. The Morgan fingerprint density at radius 3 is 2.34 bits per heavy atom. The largest absolute Gasteiger partial charge is 0.493 e. The van der Waals surface area contributed by atoms with Crippen molar-refractivity contribution < 1.29 is 28.6 Å². The van der Waals surface area contributed by atoms with E-state index >= 15 is 0 Å². The number of carbonyl (C=O) groups excluding carboxylic acids is 3. The molecule has 1 heterocycles. The number of hydrogen-bond acceptors (Lipinski definition) is 8. The van der Waals surface area contributed by atoms with Crippen molar-refractivity contribution in [2.45, 2.75) is 42.2 Å². The van der Waals surface area contributed by atoms with Gasteiger partial charge < -0.3 is 24.8 Å². The number of nitrogens with one attached hydrogen (secondary N) is 2. The smallest absolute Gasteiger partial charge is 0.341 e. The summed E-state index contributed by atoms with van der Waals surface area (Å²) in [5.74, 6) is 0.00519. The highest BCUT2D eigenvalue weighted by Crippen LogP contribution is 2.41. The van der Waals surface area contributed by atoms with Crippen molar-refractivity contribution in [2.75, 3.05) is 32.0 Å². The van der Waals surface area contributed by atoms with E-state index in [-0.39, 0.29) is 11.8 Å². The van der Waals surface area contributed by atoms with Crippen LogP contribution >= 0.6 is 23.1 Å². The quantitative estimate of drug-likeness (QED) is 0.106. The molecule has 0 fully saturated rings. The van der Waals surface area contributed by atoms with Gasteiger partial charge in [0.15, 0.2) is 11.5 Å². The predicted molar refractivity (Wildman–Crippen MR) is 175 cm³/mol. The average molecular weight is 631 g/mol. The zero-order valence-electron chi connectivity index (χ0n) is 24.8. The second-order valence-electron chi connectivity index (χ2n) is 10.2. The van der Waals surface area contributed by atoms with E-state index in [2.05, 4.69) is 10.6 Å². The minimum atomic E-state index is -0.625. The number of aryl methyl sites for hydroxylation is 1. The van der Waals surface area contributed by atoms with E-state index in [1.54, 1.807) is 24.3 Å². The minimum Gasteiger partial charge on any atom is -0.493 e. The molecule has 0 spiro atoms. The van der Waals surface area contributed by atoms with Gasteiger partial charge in [-0.2, -0.15) is 0 Å². The Bertz CT molecular complexity index is 1650. The molecule has 0 saturated carbocycles. The summed E-state index contributed by atoms with van der Waals surface area (Å²) >= 11 is 2.84. The van der Waals surface area contributed by atoms with Crippen LogP contribution in [0.25, 0.3) is 0 Å². The van der Waals surface area contributed by atoms with Crippen molar-refractivity contribution in [1.82, 2.24) is 0 Å². The van der Waals surface area contributed by atoms with E-state index < -0.39 is 11.2 Å². The molecule has 4 aromatic rings. The summed E-state index contributed by atoms with van der Waals surface area (Å²) in [6.07, 6.45) is 4.86. The van der Waals surface area contributed by atoms with E-state index in [1.165, 1.54) is 44.4 Å². The molecule has 228 valence electrons. The number of carbonyl (C=O) groups is 3. The van der Waals surface area contributed by atoms with Gasteiger partial charge in [-0.25, -0.2) is 4.79 Å². The summed E-state index contributed by atoms with van der Waals surface area (Å²) in [6, 6.07) is 21.8. The maximum absolute atomic E-state index is 14.0. The molecule has 10 heteroatoms. The lowest BCUT2D eigenvalue weighted by atomic mass is 10.1. The first-order valence-electron chi connectivity index (χ1n) is 14.3. The maximum atomic E-state index is 14.0. The molecule has 1 atom stereocenters. The zero-order valence-corrected chi connectivity index (χ0v) is 26.4. The number of benzene rings is 3. The summed E-state index contributed by atoms with van der Waals surface area (Å²) in [5.41, 5.74) is 3.28. The first kappa shape index (κ1) is 31.2. The van der Waals surface area contributed by atoms with Crippen LogP contribution in [-0.4, -0.2) is 39.1 Å². The fourth-order valence-corrected chi connectivity index (χ4v) is 7.55. The van der Waals surface area contributed by atoms with Crippen molar-refractivity contribution in [1.29, 1.82) is 0 Å². The molecular weight excluding hydrogens is 597 g/mol. The van der Waals surface area contributed by atoms with Gasteiger partial charge in [-0.1, -0.05) is 42.8 Å². The van der Waals surface area contributed by atoms with E-state index in [4.69, 9.17) is 14.2 Å². The van der Waals surface area contributed by atoms with E-state index in [0.717, 1.165) is 53.0 Å². The molecule has 3 aromatic carbocycles. The molecule has 5 rings (SSSR count). The number of ether oxygens (including phenoxy) is 3. The van der Waals surface area contributed by atoms with Gasteiger partial charge in [-0.3, -0.25) is 9.59 Å². The molecule has 2 N–H and O–H groups in total. The number of methoxy groups -OCH3 is 3. The predicted octanol–water partition coefficient (Wildman–Crippen LogP) is 7.55. The fraction of sp³-hybridized carbons (Fsp3) is 0.265. The van der Waals surface area contributed by atoms with E-state index in [9.17, 15) is 14.4 Å². The van der Waals surface area contributed by atoms with Crippen LogP contribution in [0.1, 0.15) is 61.2 Å². The topological polar surface area (TPSA) is 103 Å². The summed E-state index contributed by atoms with van der Waals surface area (Å²) in [5, 5.41) is 5.92. The molecule has 1 aromatic heterocycles. The Hall–Kier alpha value is -4.28. The van der Waals surface area contributed by atoms with Crippen LogP contribution in [0.5, 0.6) is 11.5 Å². The highest BCUT2D eigenvalue weighted by molar-refractivity contribution is 8.00. The van der Waals surface area contributed by atoms with Gasteiger partial charge in [-0.15, -0.1) is 23.1 Å². The lowest BCUT2D eigenvalue weighted by molar-refractivity contribution is -0.115. The van der Waals surface area contributed by atoms with Crippen molar-refractivity contribution in [2.24, 2.45) is 0 Å². The molecule has 1 unspecified atom stereocenters. The number of anilines is 2. The average Bonchev–Trinajstić information content (AvgIpc) is 3.22. The number of rotatable bonds is 10. The maximum Gasteiger partial charge on any atom is 0.341 e. The van der Waals surface area contributed by atoms with Crippen molar-refractivity contribution in [3.8, 4) is 11.5 Å². The zero-order chi connectivity index (χ0) is 31.1. The van der Waals surface area contributed by atoms with Gasteiger partial charge in [0.2, 0.25) is 5.91 Å². The van der Waals surface area contributed by atoms with Crippen LogP contribution in [0.4, 0.5) is 10.7 Å². The molecule has 44 heavy (non-hydrogen) atoms. The van der Waals surface area contributed by atoms with Gasteiger partial charge in [0.05, 0.1) is 26.9 Å². The molecule has 8 nitrogen and oxygen atoms in total. The lowest BCUT2D eigenvalue weighted by Gasteiger charge is -2.18. The van der Waals surface area contributed by atoms with Crippen molar-refractivity contribution in [3.05, 3.63) is 99.9 Å². The third kappa shape index (κ3) is 7.09. The van der Waals surface area contributed by atoms with Crippen LogP contribution in [0.2, 0.25) is 0 Å². The highest BCUT2D eigenvalue weighted by Gasteiger charge is 2.29. The normalized spacial score (nSPS) is 13.2. The highest BCUT2D eigenvalue weighted by atomic mass is 32.2. The Balaban J connectivity index is 1.39.